The summed E-state index contributed by atoms with van der Waals surface area (Å²) in [6.07, 6.45) is 0. The molecule has 3 heterocycles. The maximum absolute atomic E-state index is 12.4. The minimum Gasteiger partial charge on any atom is -0.269 e. The van der Waals surface area contributed by atoms with E-state index in [1.54, 1.807) is 22.2 Å². The van der Waals surface area contributed by atoms with E-state index in [1.165, 1.54) is 0 Å². The van der Waals surface area contributed by atoms with Crippen LogP contribution in [0.2, 0.25) is 0 Å². The van der Waals surface area contributed by atoms with Crippen LogP contribution in [0.15, 0.2) is 58.4 Å². The monoisotopic (exact) mass is 348 g/mol. The number of hydrogen-bond donors (Lipinski definition) is 0. The highest BCUT2D eigenvalue weighted by molar-refractivity contribution is 7.98. The molecule has 0 aliphatic rings. The van der Waals surface area contributed by atoms with Crippen LogP contribution >= 0.6 is 11.8 Å². The first kappa shape index (κ1) is 15.8. The van der Waals surface area contributed by atoms with Crippen LogP contribution < -0.4 is 5.56 Å². The zero-order valence-corrected chi connectivity index (χ0v) is 14.7. The standard InChI is InChI=1S/C19H16N4OS/c1-12-6-5-9-17-21-14(10-18(24)23(12)17)11-25-19-13(2)20-15-7-3-4-8-16(15)22-19/h3-10H,11H2,1-2H3. The van der Waals surface area contributed by atoms with Crippen molar-refractivity contribution in [2.45, 2.75) is 24.6 Å². The highest BCUT2D eigenvalue weighted by Gasteiger charge is 2.09. The highest BCUT2D eigenvalue weighted by Crippen LogP contribution is 2.24. The van der Waals surface area contributed by atoms with E-state index in [1.807, 2.05) is 56.3 Å². The van der Waals surface area contributed by atoms with Crippen molar-refractivity contribution in [3.8, 4) is 0 Å². The van der Waals surface area contributed by atoms with Gasteiger partial charge in [0.25, 0.3) is 5.56 Å². The van der Waals surface area contributed by atoms with Crippen LogP contribution in [0.25, 0.3) is 16.7 Å². The van der Waals surface area contributed by atoms with Gasteiger partial charge >= 0.3 is 0 Å². The van der Waals surface area contributed by atoms with E-state index < -0.39 is 0 Å². The molecule has 0 atom stereocenters. The summed E-state index contributed by atoms with van der Waals surface area (Å²) in [6.45, 7) is 3.85. The molecule has 0 aliphatic carbocycles. The van der Waals surface area contributed by atoms with Gasteiger partial charge in [0, 0.05) is 17.5 Å². The Balaban J connectivity index is 1.66. The Morgan fingerprint density at radius 3 is 2.52 bits per heavy atom. The molecule has 25 heavy (non-hydrogen) atoms. The lowest BCUT2D eigenvalue weighted by Gasteiger charge is -2.08. The van der Waals surface area contributed by atoms with E-state index in [0.29, 0.717) is 11.4 Å². The second-order valence-electron chi connectivity index (χ2n) is 5.84. The largest absolute Gasteiger partial charge is 0.269 e. The summed E-state index contributed by atoms with van der Waals surface area (Å²) in [4.78, 5) is 26.2. The van der Waals surface area contributed by atoms with Gasteiger partial charge < -0.3 is 0 Å². The van der Waals surface area contributed by atoms with Gasteiger partial charge in [-0.05, 0) is 38.1 Å². The van der Waals surface area contributed by atoms with Crippen molar-refractivity contribution in [2.75, 3.05) is 0 Å². The van der Waals surface area contributed by atoms with Crippen LogP contribution in [0.4, 0.5) is 0 Å². The fourth-order valence-electron chi connectivity index (χ4n) is 2.79. The summed E-state index contributed by atoms with van der Waals surface area (Å²) in [7, 11) is 0. The predicted molar refractivity (Wildman–Crippen MR) is 100 cm³/mol. The zero-order valence-electron chi connectivity index (χ0n) is 13.9. The lowest BCUT2D eigenvalue weighted by molar-refractivity contribution is 0.966. The van der Waals surface area contributed by atoms with Gasteiger partial charge in [-0.2, -0.15) is 0 Å². The molecule has 0 bridgehead atoms. The maximum atomic E-state index is 12.4. The number of pyridine rings is 1. The van der Waals surface area contributed by atoms with Gasteiger partial charge in [-0.25, -0.2) is 15.0 Å². The van der Waals surface area contributed by atoms with Crippen LogP contribution in [-0.4, -0.2) is 19.4 Å². The summed E-state index contributed by atoms with van der Waals surface area (Å²) < 4.78 is 1.62. The smallest absolute Gasteiger partial charge is 0.258 e. The van der Waals surface area contributed by atoms with Crippen LogP contribution in [0.1, 0.15) is 17.1 Å². The number of fused-ring (bicyclic) bond motifs is 2. The van der Waals surface area contributed by atoms with E-state index in [4.69, 9.17) is 0 Å². The second-order valence-corrected chi connectivity index (χ2v) is 6.80. The van der Waals surface area contributed by atoms with Crippen molar-refractivity contribution in [3.63, 3.8) is 0 Å². The van der Waals surface area contributed by atoms with Crippen LogP contribution in [0.3, 0.4) is 0 Å². The molecule has 4 rings (SSSR count). The predicted octanol–water partition coefficient (Wildman–Crippen LogP) is 3.55. The number of rotatable bonds is 3. The molecule has 1 aromatic carbocycles. The van der Waals surface area contributed by atoms with Crippen LogP contribution in [-0.2, 0) is 5.75 Å². The number of nitrogens with zero attached hydrogens (tertiary/aromatic N) is 4. The molecule has 5 nitrogen and oxygen atoms in total. The first-order chi connectivity index (χ1) is 12.1. The van der Waals surface area contributed by atoms with Gasteiger partial charge in [0.15, 0.2) is 0 Å². The molecular weight excluding hydrogens is 332 g/mol. The normalized spacial score (nSPS) is 11.3. The third-order valence-electron chi connectivity index (χ3n) is 3.99. The molecular formula is C19H16N4OS. The summed E-state index contributed by atoms with van der Waals surface area (Å²) in [5.74, 6) is 0.577. The quantitative estimate of drug-likeness (QED) is 0.530. The van der Waals surface area contributed by atoms with Gasteiger partial charge in [-0.1, -0.05) is 30.0 Å². The van der Waals surface area contributed by atoms with E-state index in [2.05, 4.69) is 15.0 Å². The second kappa shape index (κ2) is 6.29. The van der Waals surface area contributed by atoms with Crippen molar-refractivity contribution in [3.05, 3.63) is 76.0 Å². The third kappa shape index (κ3) is 3.00. The highest BCUT2D eigenvalue weighted by atomic mass is 32.2. The van der Waals surface area contributed by atoms with Gasteiger partial charge in [-0.15, -0.1) is 0 Å². The minimum absolute atomic E-state index is 0.0555. The molecule has 0 aliphatic heterocycles. The lowest BCUT2D eigenvalue weighted by Crippen LogP contribution is -2.17. The number of aryl methyl sites for hydroxylation is 2. The van der Waals surface area contributed by atoms with Crippen LogP contribution in [0, 0.1) is 13.8 Å². The Bertz CT molecular complexity index is 1150. The van der Waals surface area contributed by atoms with Crippen molar-refractivity contribution in [2.24, 2.45) is 0 Å². The van der Waals surface area contributed by atoms with E-state index >= 15 is 0 Å². The van der Waals surface area contributed by atoms with Crippen molar-refractivity contribution in [1.82, 2.24) is 19.4 Å². The number of thioether (sulfide) groups is 1. The molecule has 0 saturated heterocycles. The Labute approximate surface area is 148 Å². The number of hydrogen-bond acceptors (Lipinski definition) is 5. The first-order valence-electron chi connectivity index (χ1n) is 7.96. The molecule has 0 amide bonds. The van der Waals surface area contributed by atoms with Crippen molar-refractivity contribution < 1.29 is 0 Å². The Morgan fingerprint density at radius 2 is 1.72 bits per heavy atom. The Kier molecular flexibility index (Phi) is 3.97. The lowest BCUT2D eigenvalue weighted by atomic mass is 10.3. The average molecular weight is 348 g/mol. The van der Waals surface area contributed by atoms with Crippen molar-refractivity contribution in [1.29, 1.82) is 0 Å². The summed E-state index contributed by atoms with van der Waals surface area (Å²) >= 11 is 1.55. The molecule has 3 aromatic heterocycles. The molecule has 0 saturated carbocycles. The molecule has 0 unspecified atom stereocenters. The molecule has 4 aromatic rings. The third-order valence-corrected chi connectivity index (χ3v) is 5.09. The SMILES string of the molecule is Cc1nc2ccccc2nc1SCc1cc(=O)n2c(C)cccc2n1. The Hall–Kier alpha value is -2.73. The average Bonchev–Trinajstić information content (AvgIpc) is 2.59. The topological polar surface area (TPSA) is 60.2 Å². The summed E-state index contributed by atoms with van der Waals surface area (Å²) in [6, 6.07) is 15.1. The van der Waals surface area contributed by atoms with Gasteiger partial charge in [0.1, 0.15) is 10.7 Å². The van der Waals surface area contributed by atoms with Gasteiger partial charge in [0.2, 0.25) is 0 Å². The van der Waals surface area contributed by atoms with E-state index in [-0.39, 0.29) is 5.56 Å². The van der Waals surface area contributed by atoms with Gasteiger partial charge in [0.05, 0.1) is 22.4 Å². The number of para-hydroxylation sites is 2. The minimum atomic E-state index is -0.0555. The van der Waals surface area contributed by atoms with E-state index in [0.717, 1.165) is 33.1 Å². The summed E-state index contributed by atoms with van der Waals surface area (Å²) in [5, 5.41) is 0.866. The molecule has 6 heteroatoms. The fourth-order valence-corrected chi connectivity index (χ4v) is 3.64. The Morgan fingerprint density at radius 1 is 0.960 bits per heavy atom. The molecule has 124 valence electrons. The fraction of sp³-hybridized carbons (Fsp3) is 0.158. The molecule has 0 radical (unpaired) electrons. The molecule has 0 spiro atoms. The first-order valence-corrected chi connectivity index (χ1v) is 8.95. The molecule has 0 N–H and O–H groups in total. The number of benzene rings is 1. The molecule has 0 fully saturated rings. The summed E-state index contributed by atoms with van der Waals surface area (Å²) in [5.41, 5.74) is 4.89. The maximum Gasteiger partial charge on any atom is 0.258 e. The van der Waals surface area contributed by atoms with Crippen LogP contribution in [0.5, 0.6) is 0 Å². The van der Waals surface area contributed by atoms with Crippen molar-refractivity contribution >= 4 is 28.4 Å². The van der Waals surface area contributed by atoms with Gasteiger partial charge in [-0.3, -0.25) is 9.20 Å². The zero-order chi connectivity index (χ0) is 17.4. The van der Waals surface area contributed by atoms with E-state index in [9.17, 15) is 4.79 Å². The number of aromatic nitrogens is 4.